The van der Waals surface area contributed by atoms with Gasteiger partial charge in [-0.3, -0.25) is 0 Å². The van der Waals surface area contributed by atoms with Crippen molar-refractivity contribution in [1.29, 1.82) is 0 Å². The fourth-order valence-corrected chi connectivity index (χ4v) is 2.54. The van der Waals surface area contributed by atoms with Crippen LogP contribution in [0.1, 0.15) is 28.8 Å². The molecule has 20 heavy (non-hydrogen) atoms. The zero-order valence-corrected chi connectivity index (χ0v) is 11.1. The van der Waals surface area contributed by atoms with Crippen molar-refractivity contribution in [2.45, 2.75) is 25.9 Å². The third-order valence-electron chi connectivity index (χ3n) is 3.68. The summed E-state index contributed by atoms with van der Waals surface area (Å²) in [7, 11) is 0. The molecule has 1 N–H and O–H groups in total. The Morgan fingerprint density at radius 3 is 2.40 bits per heavy atom. The number of halogens is 3. The van der Waals surface area contributed by atoms with E-state index in [-0.39, 0.29) is 31.5 Å². The van der Waals surface area contributed by atoms with E-state index in [2.05, 4.69) is 0 Å². The molecule has 1 heterocycles. The predicted octanol–water partition coefficient (Wildman–Crippen LogP) is 3.47. The molecule has 110 valence electrons. The van der Waals surface area contributed by atoms with Crippen LogP contribution in [0.15, 0.2) is 18.2 Å². The number of hydrogen-bond donors (Lipinski definition) is 1. The second-order valence-corrected chi connectivity index (χ2v) is 5.13. The molecule has 1 saturated heterocycles. The standard InChI is InChI=1S/C14H16F3NO2/c1-9-2-3-12(11(8-9)13(19)20)18-6-4-10(5-7-18)14(15,16)17/h2-3,8,10H,4-7H2,1H3,(H,19,20). The molecular weight excluding hydrogens is 271 g/mol. The van der Waals surface area contributed by atoms with E-state index in [1.807, 2.05) is 0 Å². The Bertz CT molecular complexity index is 506. The number of rotatable bonds is 2. The Hall–Kier alpha value is -1.72. The van der Waals surface area contributed by atoms with Gasteiger partial charge in [0.2, 0.25) is 0 Å². The lowest BCUT2D eigenvalue weighted by atomic mass is 9.95. The van der Waals surface area contributed by atoms with Crippen molar-refractivity contribution in [3.8, 4) is 0 Å². The number of nitrogens with zero attached hydrogens (tertiary/aromatic N) is 1. The van der Waals surface area contributed by atoms with Crippen molar-refractivity contribution in [3.05, 3.63) is 29.3 Å². The van der Waals surface area contributed by atoms with Gasteiger partial charge in [0.1, 0.15) is 0 Å². The van der Waals surface area contributed by atoms with Gasteiger partial charge in [0.05, 0.1) is 17.2 Å². The number of carboxylic acid groups (broad SMARTS) is 1. The Balaban J connectivity index is 2.17. The van der Waals surface area contributed by atoms with Crippen molar-refractivity contribution < 1.29 is 23.1 Å². The van der Waals surface area contributed by atoms with E-state index in [1.165, 1.54) is 0 Å². The normalized spacial score (nSPS) is 17.3. The third-order valence-corrected chi connectivity index (χ3v) is 3.68. The van der Waals surface area contributed by atoms with Gasteiger partial charge in [-0.15, -0.1) is 0 Å². The molecule has 0 radical (unpaired) electrons. The summed E-state index contributed by atoms with van der Waals surface area (Å²) in [5.41, 5.74) is 1.47. The maximum Gasteiger partial charge on any atom is 0.391 e. The Labute approximate surface area is 115 Å². The molecule has 1 aromatic rings. The molecule has 1 fully saturated rings. The number of alkyl halides is 3. The molecule has 0 saturated carbocycles. The molecular formula is C14H16F3NO2. The Morgan fingerprint density at radius 2 is 1.90 bits per heavy atom. The first-order valence-corrected chi connectivity index (χ1v) is 6.44. The topological polar surface area (TPSA) is 40.5 Å². The number of benzene rings is 1. The number of aryl methyl sites for hydroxylation is 1. The van der Waals surface area contributed by atoms with Crippen molar-refractivity contribution >= 4 is 11.7 Å². The minimum Gasteiger partial charge on any atom is -0.478 e. The van der Waals surface area contributed by atoms with Crippen LogP contribution in [0.4, 0.5) is 18.9 Å². The molecule has 2 rings (SSSR count). The molecule has 0 atom stereocenters. The Kier molecular flexibility index (Phi) is 3.92. The van der Waals surface area contributed by atoms with Crippen LogP contribution >= 0.6 is 0 Å². The maximum absolute atomic E-state index is 12.6. The molecule has 0 amide bonds. The zero-order chi connectivity index (χ0) is 14.9. The van der Waals surface area contributed by atoms with E-state index in [0.717, 1.165) is 5.56 Å². The minimum atomic E-state index is -4.16. The SMILES string of the molecule is Cc1ccc(N2CCC(C(F)(F)F)CC2)c(C(=O)O)c1. The fourth-order valence-electron chi connectivity index (χ4n) is 2.54. The number of carbonyl (C=O) groups is 1. The lowest BCUT2D eigenvalue weighted by molar-refractivity contribution is -0.179. The van der Waals surface area contributed by atoms with Crippen molar-refractivity contribution in [2.75, 3.05) is 18.0 Å². The predicted molar refractivity (Wildman–Crippen MR) is 69.1 cm³/mol. The quantitative estimate of drug-likeness (QED) is 0.905. The number of hydrogen-bond acceptors (Lipinski definition) is 2. The second kappa shape index (κ2) is 5.34. The molecule has 3 nitrogen and oxygen atoms in total. The summed E-state index contributed by atoms with van der Waals surface area (Å²) < 4.78 is 37.9. The van der Waals surface area contributed by atoms with Gasteiger partial charge in [-0.05, 0) is 31.9 Å². The van der Waals surface area contributed by atoms with Gasteiger partial charge < -0.3 is 10.0 Å². The highest BCUT2D eigenvalue weighted by Crippen LogP contribution is 2.36. The molecule has 1 aromatic carbocycles. The van der Waals surface area contributed by atoms with Crippen LogP contribution in [0.25, 0.3) is 0 Å². The first-order chi connectivity index (χ1) is 9.29. The molecule has 0 aromatic heterocycles. The van der Waals surface area contributed by atoms with Gasteiger partial charge in [-0.1, -0.05) is 11.6 Å². The lowest BCUT2D eigenvalue weighted by Gasteiger charge is -2.35. The van der Waals surface area contributed by atoms with E-state index < -0.39 is 18.1 Å². The van der Waals surface area contributed by atoms with E-state index in [0.29, 0.717) is 5.69 Å². The van der Waals surface area contributed by atoms with Crippen LogP contribution in [-0.2, 0) is 0 Å². The average molecular weight is 287 g/mol. The molecule has 1 aliphatic rings. The van der Waals surface area contributed by atoms with Crippen molar-refractivity contribution in [2.24, 2.45) is 5.92 Å². The first-order valence-electron chi connectivity index (χ1n) is 6.44. The number of anilines is 1. The van der Waals surface area contributed by atoms with Crippen molar-refractivity contribution in [1.82, 2.24) is 0 Å². The lowest BCUT2D eigenvalue weighted by Crippen LogP contribution is -2.39. The summed E-state index contributed by atoms with van der Waals surface area (Å²) in [4.78, 5) is 13.0. The highest BCUT2D eigenvalue weighted by Gasteiger charge is 2.41. The zero-order valence-electron chi connectivity index (χ0n) is 11.1. The van der Waals surface area contributed by atoms with Crippen LogP contribution in [0, 0.1) is 12.8 Å². The smallest absolute Gasteiger partial charge is 0.391 e. The van der Waals surface area contributed by atoms with Gasteiger partial charge in [0, 0.05) is 13.1 Å². The van der Waals surface area contributed by atoms with Gasteiger partial charge >= 0.3 is 12.1 Å². The third kappa shape index (κ3) is 3.05. The molecule has 0 unspecified atom stereocenters. The average Bonchev–Trinajstić information content (AvgIpc) is 2.37. The monoisotopic (exact) mass is 287 g/mol. The second-order valence-electron chi connectivity index (χ2n) is 5.13. The highest BCUT2D eigenvalue weighted by atomic mass is 19.4. The number of aromatic carboxylic acids is 1. The van der Waals surface area contributed by atoms with Gasteiger partial charge in [0.25, 0.3) is 0 Å². The van der Waals surface area contributed by atoms with E-state index in [4.69, 9.17) is 0 Å². The Morgan fingerprint density at radius 1 is 1.30 bits per heavy atom. The van der Waals surface area contributed by atoms with Crippen LogP contribution in [-0.4, -0.2) is 30.3 Å². The summed E-state index contributed by atoms with van der Waals surface area (Å²) in [5.74, 6) is -2.33. The van der Waals surface area contributed by atoms with Crippen LogP contribution in [0.3, 0.4) is 0 Å². The molecule has 0 aliphatic carbocycles. The molecule has 0 bridgehead atoms. The van der Waals surface area contributed by atoms with E-state index in [9.17, 15) is 23.1 Å². The summed E-state index contributed by atoms with van der Waals surface area (Å²) in [6.45, 7) is 2.24. The molecule has 0 spiro atoms. The van der Waals surface area contributed by atoms with Crippen molar-refractivity contribution in [3.63, 3.8) is 0 Å². The van der Waals surface area contributed by atoms with Crippen LogP contribution in [0.5, 0.6) is 0 Å². The van der Waals surface area contributed by atoms with E-state index in [1.54, 1.807) is 30.0 Å². The van der Waals surface area contributed by atoms with Crippen LogP contribution < -0.4 is 4.90 Å². The van der Waals surface area contributed by atoms with Crippen LogP contribution in [0.2, 0.25) is 0 Å². The minimum absolute atomic E-state index is 0.0104. The van der Waals surface area contributed by atoms with Gasteiger partial charge in [-0.2, -0.15) is 13.2 Å². The molecule has 1 aliphatic heterocycles. The summed E-state index contributed by atoms with van der Waals surface area (Å²) in [6.07, 6.45) is -4.14. The summed E-state index contributed by atoms with van der Waals surface area (Å²) in [5, 5.41) is 9.20. The maximum atomic E-state index is 12.6. The largest absolute Gasteiger partial charge is 0.478 e. The first kappa shape index (κ1) is 14.7. The fraction of sp³-hybridized carbons (Fsp3) is 0.500. The number of piperidine rings is 1. The summed E-state index contributed by atoms with van der Waals surface area (Å²) in [6, 6.07) is 5.00. The van der Waals surface area contributed by atoms with Gasteiger partial charge in [0.15, 0.2) is 0 Å². The summed E-state index contributed by atoms with van der Waals surface area (Å²) >= 11 is 0. The molecule has 6 heteroatoms. The number of carboxylic acids is 1. The highest BCUT2D eigenvalue weighted by molar-refractivity contribution is 5.94. The van der Waals surface area contributed by atoms with Gasteiger partial charge in [-0.25, -0.2) is 4.79 Å². The van der Waals surface area contributed by atoms with E-state index >= 15 is 0 Å².